The van der Waals surface area contributed by atoms with Crippen LogP contribution in [-0.4, -0.2) is 36.5 Å². The lowest BCUT2D eigenvalue weighted by Gasteiger charge is -2.34. The third kappa shape index (κ3) is 3.58. The molecule has 0 saturated carbocycles. The van der Waals surface area contributed by atoms with Gasteiger partial charge in [0.25, 0.3) is 0 Å². The summed E-state index contributed by atoms with van der Waals surface area (Å²) in [6, 6.07) is 6.15. The maximum Gasteiger partial charge on any atom is 0.238 e. The van der Waals surface area contributed by atoms with E-state index >= 15 is 0 Å². The van der Waals surface area contributed by atoms with Gasteiger partial charge in [-0.1, -0.05) is 19.1 Å². The van der Waals surface area contributed by atoms with E-state index in [4.69, 9.17) is 5.73 Å². The fraction of sp³-hybridized carbons (Fsp3) is 0.562. The Morgan fingerprint density at radius 3 is 2.90 bits per heavy atom. The highest BCUT2D eigenvalue weighted by molar-refractivity contribution is 5.93. The van der Waals surface area contributed by atoms with Crippen LogP contribution < -0.4 is 11.1 Å². The molecule has 0 spiro atoms. The SMILES string of the molecule is Cc1cccc(NC(=O)CN2CCC(C)C(N)C2)c1C. The van der Waals surface area contributed by atoms with Crippen LogP contribution in [0.2, 0.25) is 0 Å². The summed E-state index contributed by atoms with van der Waals surface area (Å²) in [4.78, 5) is 14.3. The Hall–Kier alpha value is -1.39. The van der Waals surface area contributed by atoms with Gasteiger partial charge in [-0.2, -0.15) is 0 Å². The van der Waals surface area contributed by atoms with E-state index in [-0.39, 0.29) is 11.9 Å². The van der Waals surface area contributed by atoms with Gasteiger partial charge in [-0.15, -0.1) is 0 Å². The molecule has 1 aromatic carbocycles. The van der Waals surface area contributed by atoms with E-state index in [1.165, 1.54) is 5.56 Å². The number of amides is 1. The number of carbonyl (C=O) groups is 1. The number of likely N-dealkylation sites (tertiary alicyclic amines) is 1. The molecule has 1 aromatic rings. The van der Waals surface area contributed by atoms with Gasteiger partial charge in [-0.25, -0.2) is 0 Å². The van der Waals surface area contributed by atoms with Gasteiger partial charge in [-0.3, -0.25) is 9.69 Å². The molecule has 1 amide bonds. The maximum atomic E-state index is 12.1. The van der Waals surface area contributed by atoms with E-state index in [0.29, 0.717) is 12.5 Å². The lowest BCUT2D eigenvalue weighted by molar-refractivity contribution is -0.117. The third-order valence-corrected chi connectivity index (χ3v) is 4.35. The number of hydrogen-bond acceptors (Lipinski definition) is 3. The number of hydrogen-bond donors (Lipinski definition) is 2. The van der Waals surface area contributed by atoms with Gasteiger partial charge in [-0.05, 0) is 49.9 Å². The van der Waals surface area contributed by atoms with Crippen LogP contribution in [0.3, 0.4) is 0 Å². The molecule has 1 aliphatic rings. The van der Waals surface area contributed by atoms with Gasteiger partial charge in [0.2, 0.25) is 5.91 Å². The first kappa shape index (κ1) is 15.0. The third-order valence-electron chi connectivity index (χ3n) is 4.35. The molecule has 1 heterocycles. The van der Waals surface area contributed by atoms with Crippen LogP contribution in [0.1, 0.15) is 24.5 Å². The molecule has 1 fully saturated rings. The van der Waals surface area contributed by atoms with Crippen LogP contribution in [0, 0.1) is 19.8 Å². The molecule has 1 aliphatic heterocycles. The highest BCUT2D eigenvalue weighted by atomic mass is 16.2. The van der Waals surface area contributed by atoms with Crippen molar-refractivity contribution in [1.82, 2.24) is 4.90 Å². The van der Waals surface area contributed by atoms with Crippen molar-refractivity contribution in [3.05, 3.63) is 29.3 Å². The van der Waals surface area contributed by atoms with Gasteiger partial charge in [0.05, 0.1) is 6.54 Å². The molecule has 2 atom stereocenters. The molecule has 1 saturated heterocycles. The zero-order valence-corrected chi connectivity index (χ0v) is 12.6. The monoisotopic (exact) mass is 275 g/mol. The number of nitrogens with zero attached hydrogens (tertiary/aromatic N) is 1. The summed E-state index contributed by atoms with van der Waals surface area (Å²) in [6.45, 7) is 8.45. The van der Waals surface area contributed by atoms with Crippen molar-refractivity contribution in [2.45, 2.75) is 33.2 Å². The van der Waals surface area contributed by atoms with E-state index in [2.05, 4.69) is 30.1 Å². The average Bonchev–Trinajstić information content (AvgIpc) is 2.39. The number of nitrogens with one attached hydrogen (secondary N) is 1. The van der Waals surface area contributed by atoms with Crippen molar-refractivity contribution in [2.75, 3.05) is 25.0 Å². The van der Waals surface area contributed by atoms with Crippen molar-refractivity contribution in [2.24, 2.45) is 11.7 Å². The highest BCUT2D eigenvalue weighted by Gasteiger charge is 2.24. The van der Waals surface area contributed by atoms with Crippen LogP contribution in [0.5, 0.6) is 0 Å². The van der Waals surface area contributed by atoms with E-state index in [1.54, 1.807) is 0 Å². The van der Waals surface area contributed by atoms with Crippen LogP contribution in [-0.2, 0) is 4.79 Å². The van der Waals surface area contributed by atoms with E-state index in [1.807, 2.05) is 19.1 Å². The van der Waals surface area contributed by atoms with Crippen LogP contribution in [0.4, 0.5) is 5.69 Å². The second-order valence-corrected chi connectivity index (χ2v) is 5.96. The normalized spacial score (nSPS) is 23.6. The number of rotatable bonds is 3. The van der Waals surface area contributed by atoms with Crippen LogP contribution in [0.25, 0.3) is 0 Å². The summed E-state index contributed by atoms with van der Waals surface area (Å²) in [5.74, 6) is 0.591. The average molecular weight is 275 g/mol. The number of aryl methyl sites for hydroxylation is 1. The van der Waals surface area contributed by atoms with Crippen LogP contribution in [0.15, 0.2) is 18.2 Å². The zero-order chi connectivity index (χ0) is 14.7. The van der Waals surface area contributed by atoms with Gasteiger partial charge in [0, 0.05) is 18.3 Å². The second kappa shape index (κ2) is 6.37. The minimum absolute atomic E-state index is 0.0421. The molecule has 0 aromatic heterocycles. The van der Waals surface area contributed by atoms with Gasteiger partial charge in [0.15, 0.2) is 0 Å². The minimum Gasteiger partial charge on any atom is -0.326 e. The molecule has 0 bridgehead atoms. The first-order chi connectivity index (χ1) is 9.47. The second-order valence-electron chi connectivity index (χ2n) is 5.96. The summed E-state index contributed by atoms with van der Waals surface area (Å²) in [6.07, 6.45) is 1.07. The van der Waals surface area contributed by atoms with Crippen molar-refractivity contribution in [1.29, 1.82) is 0 Å². The highest BCUT2D eigenvalue weighted by Crippen LogP contribution is 2.19. The summed E-state index contributed by atoms with van der Waals surface area (Å²) >= 11 is 0. The molecule has 4 nitrogen and oxygen atoms in total. The van der Waals surface area contributed by atoms with E-state index in [0.717, 1.165) is 30.8 Å². The Labute approximate surface area is 121 Å². The number of anilines is 1. The Balaban J connectivity index is 1.91. The Bertz CT molecular complexity index is 487. The minimum atomic E-state index is 0.0421. The maximum absolute atomic E-state index is 12.1. The van der Waals surface area contributed by atoms with E-state index in [9.17, 15) is 4.79 Å². The smallest absolute Gasteiger partial charge is 0.238 e. The van der Waals surface area contributed by atoms with Crippen LogP contribution >= 0.6 is 0 Å². The molecular formula is C16H25N3O. The predicted octanol–water partition coefficient (Wildman–Crippen LogP) is 1.91. The summed E-state index contributed by atoms with van der Waals surface area (Å²) in [7, 11) is 0. The Morgan fingerprint density at radius 1 is 1.45 bits per heavy atom. The van der Waals surface area contributed by atoms with Gasteiger partial charge in [0.1, 0.15) is 0 Å². The zero-order valence-electron chi connectivity index (χ0n) is 12.6. The summed E-state index contributed by atoms with van der Waals surface area (Å²) < 4.78 is 0. The Morgan fingerprint density at radius 2 is 2.20 bits per heavy atom. The van der Waals surface area contributed by atoms with Crippen molar-refractivity contribution < 1.29 is 4.79 Å². The first-order valence-corrected chi connectivity index (χ1v) is 7.31. The predicted molar refractivity (Wildman–Crippen MR) is 82.7 cm³/mol. The number of nitrogens with two attached hydrogens (primary N) is 1. The molecule has 110 valence electrons. The quantitative estimate of drug-likeness (QED) is 0.886. The molecule has 0 radical (unpaired) electrons. The number of piperidine rings is 1. The molecule has 2 unspecified atom stereocenters. The Kier molecular flexibility index (Phi) is 4.78. The summed E-state index contributed by atoms with van der Waals surface area (Å²) in [5.41, 5.74) is 9.30. The van der Waals surface area contributed by atoms with Crippen molar-refractivity contribution in [3.63, 3.8) is 0 Å². The van der Waals surface area contributed by atoms with E-state index < -0.39 is 0 Å². The van der Waals surface area contributed by atoms with Crippen molar-refractivity contribution in [3.8, 4) is 0 Å². The number of benzene rings is 1. The molecule has 20 heavy (non-hydrogen) atoms. The molecular weight excluding hydrogens is 250 g/mol. The largest absolute Gasteiger partial charge is 0.326 e. The topological polar surface area (TPSA) is 58.4 Å². The molecule has 2 rings (SSSR count). The molecule has 4 heteroatoms. The van der Waals surface area contributed by atoms with Gasteiger partial charge < -0.3 is 11.1 Å². The lowest BCUT2D eigenvalue weighted by atomic mass is 9.94. The van der Waals surface area contributed by atoms with Gasteiger partial charge >= 0.3 is 0 Å². The molecule has 3 N–H and O–H groups in total. The standard InChI is InChI=1S/C16H25N3O/c1-11-5-4-6-15(13(11)3)18-16(20)10-19-8-7-12(2)14(17)9-19/h4-6,12,14H,7-10,17H2,1-3H3,(H,18,20). The first-order valence-electron chi connectivity index (χ1n) is 7.31. The molecule has 0 aliphatic carbocycles. The lowest BCUT2D eigenvalue weighted by Crippen LogP contribution is -2.49. The fourth-order valence-corrected chi connectivity index (χ4v) is 2.59. The summed E-state index contributed by atoms with van der Waals surface area (Å²) in [5, 5.41) is 3.00. The van der Waals surface area contributed by atoms with Crippen molar-refractivity contribution >= 4 is 11.6 Å². The number of carbonyl (C=O) groups excluding carboxylic acids is 1. The fourth-order valence-electron chi connectivity index (χ4n) is 2.59.